The lowest BCUT2D eigenvalue weighted by atomic mass is 10.2. The lowest BCUT2D eigenvalue weighted by molar-refractivity contribution is -0.151. The van der Waals surface area contributed by atoms with Gasteiger partial charge >= 0.3 is 5.97 Å². The summed E-state index contributed by atoms with van der Waals surface area (Å²) in [7, 11) is 0. The Morgan fingerprint density at radius 3 is 2.53 bits per heavy atom. The van der Waals surface area contributed by atoms with E-state index in [9.17, 15) is 4.79 Å². The van der Waals surface area contributed by atoms with Crippen LogP contribution in [-0.2, 0) is 9.53 Å². The number of ether oxygens (including phenoxy) is 1. The molecule has 0 bridgehead atoms. The van der Waals surface area contributed by atoms with Crippen molar-refractivity contribution in [2.45, 2.75) is 51.5 Å². The van der Waals surface area contributed by atoms with Crippen molar-refractivity contribution in [3.8, 4) is 0 Å². The Balaban J connectivity index is 2.59. The summed E-state index contributed by atoms with van der Waals surface area (Å²) in [5, 5.41) is 0.145. The molecule has 1 aromatic rings. The van der Waals surface area contributed by atoms with Gasteiger partial charge in [-0.2, -0.15) is 0 Å². The van der Waals surface area contributed by atoms with Crippen LogP contribution in [0.4, 0.5) is 0 Å². The summed E-state index contributed by atoms with van der Waals surface area (Å²) in [5.74, 6) is 0.150. The molecule has 19 heavy (non-hydrogen) atoms. The fourth-order valence-corrected chi connectivity index (χ4v) is 3.87. The molecule has 0 aliphatic rings. The molecule has 0 fully saturated rings. The van der Waals surface area contributed by atoms with Gasteiger partial charge in [0, 0.05) is 15.8 Å². The van der Waals surface area contributed by atoms with Gasteiger partial charge in [-0.15, -0.1) is 23.1 Å². The predicted octanol–water partition coefficient (Wildman–Crippen LogP) is 3.52. The van der Waals surface area contributed by atoms with Gasteiger partial charge in [0.2, 0.25) is 0 Å². The first-order valence-electron chi connectivity index (χ1n) is 6.34. The number of rotatable bonds is 5. The molecule has 1 heterocycles. The molecule has 2 atom stereocenters. The van der Waals surface area contributed by atoms with Crippen LogP contribution in [0.2, 0.25) is 0 Å². The van der Waals surface area contributed by atoms with Crippen LogP contribution in [0.3, 0.4) is 0 Å². The zero-order chi connectivity index (χ0) is 14.6. The van der Waals surface area contributed by atoms with Gasteiger partial charge in [-0.05, 0) is 46.8 Å². The average molecular weight is 301 g/mol. The fraction of sp³-hybridized carbons (Fsp3) is 0.643. The average Bonchev–Trinajstić information content (AvgIpc) is 2.61. The van der Waals surface area contributed by atoms with Crippen LogP contribution in [0.1, 0.15) is 42.7 Å². The molecule has 0 aliphatic heterocycles. The summed E-state index contributed by atoms with van der Waals surface area (Å²) in [6, 6.07) is 4.19. The standard InChI is InChI=1S/C14H23NO2S2/c1-9-6-7-11(19-9)13(10(2)15)18-8-12(16)17-14(3,4)5/h6-7,10,13H,8,15H2,1-5H3. The smallest absolute Gasteiger partial charge is 0.316 e. The fourth-order valence-electron chi connectivity index (χ4n) is 1.63. The van der Waals surface area contributed by atoms with E-state index >= 15 is 0 Å². The van der Waals surface area contributed by atoms with Crippen molar-refractivity contribution in [2.24, 2.45) is 5.73 Å². The Hall–Kier alpha value is -0.520. The largest absolute Gasteiger partial charge is 0.459 e. The first-order chi connectivity index (χ1) is 8.69. The van der Waals surface area contributed by atoms with Crippen LogP contribution in [0.15, 0.2) is 12.1 Å². The topological polar surface area (TPSA) is 52.3 Å². The van der Waals surface area contributed by atoms with Crippen molar-refractivity contribution in [2.75, 3.05) is 5.75 Å². The number of nitrogens with two attached hydrogens (primary N) is 1. The minimum atomic E-state index is -0.430. The lowest BCUT2D eigenvalue weighted by Crippen LogP contribution is -2.27. The highest BCUT2D eigenvalue weighted by Crippen LogP contribution is 2.35. The number of esters is 1. The SMILES string of the molecule is Cc1ccc(C(SCC(=O)OC(C)(C)C)C(C)N)s1. The van der Waals surface area contributed by atoms with Gasteiger partial charge in [0.1, 0.15) is 5.60 Å². The third kappa shape index (κ3) is 5.97. The molecule has 2 unspecified atom stereocenters. The van der Waals surface area contributed by atoms with E-state index in [1.54, 1.807) is 23.1 Å². The Morgan fingerprint density at radius 2 is 2.11 bits per heavy atom. The molecule has 0 spiro atoms. The van der Waals surface area contributed by atoms with E-state index in [0.29, 0.717) is 5.75 Å². The molecule has 0 amide bonds. The van der Waals surface area contributed by atoms with Crippen molar-refractivity contribution in [1.29, 1.82) is 0 Å². The van der Waals surface area contributed by atoms with Crippen molar-refractivity contribution in [3.63, 3.8) is 0 Å². The van der Waals surface area contributed by atoms with Gasteiger partial charge < -0.3 is 10.5 Å². The molecule has 5 heteroatoms. The Kier molecular flexibility index (Phi) is 5.89. The summed E-state index contributed by atoms with van der Waals surface area (Å²) in [5.41, 5.74) is 5.60. The van der Waals surface area contributed by atoms with Crippen molar-refractivity contribution >= 4 is 29.1 Å². The summed E-state index contributed by atoms with van der Waals surface area (Å²) in [6.07, 6.45) is 0. The van der Waals surface area contributed by atoms with Crippen molar-refractivity contribution in [3.05, 3.63) is 21.9 Å². The van der Waals surface area contributed by atoms with Crippen LogP contribution in [-0.4, -0.2) is 23.4 Å². The highest BCUT2D eigenvalue weighted by Gasteiger charge is 2.22. The van der Waals surface area contributed by atoms with Crippen molar-refractivity contribution < 1.29 is 9.53 Å². The Labute approximate surface area is 123 Å². The number of aryl methyl sites for hydroxylation is 1. The number of carbonyl (C=O) groups is 1. The highest BCUT2D eigenvalue weighted by molar-refractivity contribution is 8.00. The molecule has 0 radical (unpaired) electrons. The molecule has 0 aromatic carbocycles. The van der Waals surface area contributed by atoms with Gasteiger partial charge in [-0.3, -0.25) is 4.79 Å². The van der Waals surface area contributed by atoms with E-state index in [4.69, 9.17) is 10.5 Å². The molecule has 0 saturated carbocycles. The second-order valence-electron chi connectivity index (χ2n) is 5.63. The Bertz CT molecular complexity index is 421. The van der Waals surface area contributed by atoms with Gasteiger partial charge in [0.05, 0.1) is 11.0 Å². The molecule has 2 N–H and O–H groups in total. The normalized spacial score (nSPS) is 15.1. The number of thioether (sulfide) groups is 1. The first-order valence-corrected chi connectivity index (χ1v) is 8.21. The summed E-state index contributed by atoms with van der Waals surface area (Å²) in [4.78, 5) is 14.2. The second-order valence-corrected chi connectivity index (χ2v) is 8.07. The maximum absolute atomic E-state index is 11.7. The van der Waals surface area contributed by atoms with E-state index < -0.39 is 5.60 Å². The molecular formula is C14H23NO2S2. The summed E-state index contributed by atoms with van der Waals surface area (Å²) < 4.78 is 5.31. The van der Waals surface area contributed by atoms with E-state index in [1.165, 1.54) is 9.75 Å². The van der Waals surface area contributed by atoms with E-state index in [2.05, 4.69) is 19.1 Å². The maximum Gasteiger partial charge on any atom is 0.316 e. The molecule has 1 aromatic heterocycles. The van der Waals surface area contributed by atoms with E-state index in [0.717, 1.165) is 0 Å². The third-order valence-electron chi connectivity index (χ3n) is 2.32. The van der Waals surface area contributed by atoms with Gasteiger partial charge in [-0.25, -0.2) is 0 Å². The number of thiophene rings is 1. The number of carbonyl (C=O) groups excluding carboxylic acids is 1. The summed E-state index contributed by atoms with van der Waals surface area (Å²) >= 11 is 3.29. The zero-order valence-corrected chi connectivity index (χ0v) is 13.9. The van der Waals surface area contributed by atoms with E-state index in [1.807, 2.05) is 27.7 Å². The number of hydrogen-bond donors (Lipinski definition) is 1. The van der Waals surface area contributed by atoms with Crippen LogP contribution in [0.25, 0.3) is 0 Å². The summed E-state index contributed by atoms with van der Waals surface area (Å²) in [6.45, 7) is 9.68. The molecule has 3 nitrogen and oxygen atoms in total. The first kappa shape index (κ1) is 16.5. The molecule has 0 aliphatic carbocycles. The van der Waals surface area contributed by atoms with Crippen molar-refractivity contribution in [1.82, 2.24) is 0 Å². The third-order valence-corrected chi connectivity index (χ3v) is 5.00. The predicted molar refractivity (Wildman–Crippen MR) is 83.7 cm³/mol. The lowest BCUT2D eigenvalue weighted by Gasteiger charge is -2.22. The zero-order valence-electron chi connectivity index (χ0n) is 12.2. The molecule has 108 valence electrons. The van der Waals surface area contributed by atoms with Crippen LogP contribution < -0.4 is 5.73 Å². The second kappa shape index (κ2) is 6.77. The van der Waals surface area contributed by atoms with Crippen LogP contribution in [0, 0.1) is 6.92 Å². The van der Waals surface area contributed by atoms with Gasteiger partial charge in [0.25, 0.3) is 0 Å². The van der Waals surface area contributed by atoms with E-state index in [-0.39, 0.29) is 17.3 Å². The quantitative estimate of drug-likeness (QED) is 0.845. The highest BCUT2D eigenvalue weighted by atomic mass is 32.2. The molecule has 0 saturated heterocycles. The van der Waals surface area contributed by atoms with Crippen LogP contribution in [0.5, 0.6) is 0 Å². The van der Waals surface area contributed by atoms with Gasteiger partial charge in [-0.1, -0.05) is 0 Å². The van der Waals surface area contributed by atoms with Gasteiger partial charge in [0.15, 0.2) is 0 Å². The minimum Gasteiger partial charge on any atom is -0.459 e. The maximum atomic E-state index is 11.7. The minimum absolute atomic E-state index is 0.00508. The Morgan fingerprint density at radius 1 is 1.47 bits per heavy atom. The molecule has 1 rings (SSSR count). The van der Waals surface area contributed by atoms with Crippen LogP contribution >= 0.6 is 23.1 Å². The number of hydrogen-bond acceptors (Lipinski definition) is 5. The molecular weight excluding hydrogens is 278 g/mol. The monoisotopic (exact) mass is 301 g/mol.